The summed E-state index contributed by atoms with van der Waals surface area (Å²) in [5, 5.41) is 12.9. The number of hydrogen-bond acceptors (Lipinski definition) is 20. The van der Waals surface area contributed by atoms with Gasteiger partial charge in [-0.05, 0) is 92.3 Å². The highest BCUT2D eigenvalue weighted by Crippen LogP contribution is 2.76. The summed E-state index contributed by atoms with van der Waals surface area (Å²) in [4.78, 5) is 116. The van der Waals surface area contributed by atoms with Crippen molar-refractivity contribution in [2.75, 3.05) is 19.8 Å². The Morgan fingerprint density at radius 2 is 1.15 bits per heavy atom. The molecule has 0 aromatic carbocycles. The Hall–Kier alpha value is -5.11. The molecule has 0 amide bonds. The highest BCUT2D eigenvalue weighted by Gasteiger charge is 2.74. The van der Waals surface area contributed by atoms with Gasteiger partial charge in [-0.1, -0.05) is 39.3 Å². The molecule has 0 bridgehead atoms. The molecule has 6 rings (SSSR count). The molecule has 20 heteroatoms. The number of esters is 9. The predicted molar refractivity (Wildman–Crippen MR) is 247 cm³/mol. The van der Waals surface area contributed by atoms with Crippen LogP contribution in [0, 0.1) is 50.7 Å². The quantitative estimate of drug-likeness (QED) is 0.145. The number of ether oxygens (including phenoxy) is 10. The molecule has 1 saturated heterocycles. The third-order valence-electron chi connectivity index (χ3n) is 17.8. The molecular weight excluding hydrogens is 945 g/mol. The number of carbonyl (C=O) groups is 9. The standard InChI is InChI=1S/C52H74O20/c1-26-16-19-51(46(61)72-45-42(69-33(8)59)41(68-32(7)58)40(67-31(6)57)37(71-45)23-63-27(2)53)21-20-48(11)35(43(51)50(26,13)62)14-15-38-47(10)22-36(66-30(5)56)44(70-34(9)60)52(24-64-28(3)54,25-65-29(4)55)39(47)17-18-49(38,48)12/h14,26,36-45,62H,15-25H2,1-13H3/t26-,36+,37-,38+,39+,40-,41+,42-,43-,44-,45+,47-,48-,49-,50-,51+/m1/s1. The lowest BCUT2D eigenvalue weighted by Crippen LogP contribution is -2.71. The first kappa shape index (κ1) is 56.2. The van der Waals surface area contributed by atoms with Crippen LogP contribution in [-0.4, -0.2) is 127 Å². The Morgan fingerprint density at radius 3 is 1.69 bits per heavy atom. The van der Waals surface area contributed by atoms with Gasteiger partial charge in [-0.2, -0.15) is 0 Å². The number of aliphatic hydroxyl groups is 1. The predicted octanol–water partition coefficient (Wildman–Crippen LogP) is 4.94. The Labute approximate surface area is 420 Å². The van der Waals surface area contributed by atoms with E-state index in [0.717, 1.165) is 33.3 Å². The average molecular weight is 1020 g/mol. The van der Waals surface area contributed by atoms with E-state index in [0.29, 0.717) is 32.1 Å². The Bertz CT molecular complexity index is 2200. The Kier molecular flexibility index (Phi) is 16.1. The number of allylic oxidation sites excluding steroid dienone is 1. The summed E-state index contributed by atoms with van der Waals surface area (Å²) < 4.78 is 58.3. The van der Waals surface area contributed by atoms with Crippen LogP contribution >= 0.6 is 0 Å². The van der Waals surface area contributed by atoms with E-state index in [1.807, 2.05) is 6.92 Å². The third-order valence-corrected chi connectivity index (χ3v) is 17.8. The van der Waals surface area contributed by atoms with Gasteiger partial charge in [0.15, 0.2) is 18.3 Å². The van der Waals surface area contributed by atoms with Gasteiger partial charge in [0.25, 0.3) is 0 Å². The van der Waals surface area contributed by atoms with Crippen LogP contribution in [0.1, 0.15) is 141 Å². The van der Waals surface area contributed by atoms with Crippen molar-refractivity contribution in [3.63, 3.8) is 0 Å². The number of carbonyl (C=O) groups excluding carboxylic acids is 9. The minimum Gasteiger partial charge on any atom is -0.465 e. The first-order valence-electron chi connectivity index (χ1n) is 25.0. The van der Waals surface area contributed by atoms with Crippen molar-refractivity contribution in [1.29, 1.82) is 0 Å². The molecule has 16 atom stereocenters. The summed E-state index contributed by atoms with van der Waals surface area (Å²) in [6.07, 6.45) is -4.92. The fourth-order valence-electron chi connectivity index (χ4n) is 14.6. The van der Waals surface area contributed by atoms with Gasteiger partial charge in [-0.25, -0.2) is 0 Å². The van der Waals surface area contributed by atoms with Crippen LogP contribution < -0.4 is 0 Å². The van der Waals surface area contributed by atoms with E-state index in [-0.39, 0.29) is 44.3 Å². The largest absolute Gasteiger partial charge is 0.465 e. The molecule has 6 aliphatic rings. The SMILES string of the molecule is CC(=O)OC[C@H]1O[C@@H](OC(=O)[C@]23CC[C@@H](C)[C@@](C)(O)[C@H]2C2=CC[C@H]4[C@@]5(C)C[C@H](OC(C)=O)[C@@H](OC(C)=O)C(COC(C)=O)(COC(C)=O)[C@H]5CC[C@@]4(C)[C@]2(C)CC3)[C@H](OC(C)=O)[C@@H](OC(C)=O)[C@@H]1OC(C)=O. The Balaban J connectivity index is 1.46. The highest BCUT2D eigenvalue weighted by atomic mass is 16.7. The van der Waals surface area contributed by atoms with Crippen LogP contribution in [0.4, 0.5) is 0 Å². The second kappa shape index (κ2) is 20.7. The van der Waals surface area contributed by atoms with Crippen LogP contribution in [0.3, 0.4) is 0 Å². The zero-order valence-electron chi connectivity index (χ0n) is 43.9. The summed E-state index contributed by atoms with van der Waals surface area (Å²) in [5.41, 5.74) is -5.44. The molecule has 0 aromatic rings. The topological polar surface area (TPSA) is 266 Å². The van der Waals surface area contributed by atoms with Crippen LogP contribution in [0.5, 0.6) is 0 Å². The molecule has 5 fully saturated rings. The lowest BCUT2D eigenvalue weighted by atomic mass is 9.32. The average Bonchev–Trinajstić information content (AvgIpc) is 3.25. The zero-order chi connectivity index (χ0) is 53.7. The fraction of sp³-hybridized carbons (Fsp3) is 0.788. The maximum absolute atomic E-state index is 15.5. The van der Waals surface area contributed by atoms with Crippen molar-refractivity contribution in [2.24, 2.45) is 50.7 Å². The maximum Gasteiger partial charge on any atom is 0.315 e. The van der Waals surface area contributed by atoms with Crippen LogP contribution in [0.15, 0.2) is 11.6 Å². The molecule has 0 spiro atoms. The zero-order valence-corrected chi connectivity index (χ0v) is 43.9. The molecule has 4 saturated carbocycles. The molecule has 1 heterocycles. The van der Waals surface area contributed by atoms with E-state index < -0.39 is 148 Å². The Morgan fingerprint density at radius 1 is 0.611 bits per heavy atom. The van der Waals surface area contributed by atoms with Crippen molar-refractivity contribution in [2.45, 2.75) is 190 Å². The molecule has 1 N–H and O–H groups in total. The summed E-state index contributed by atoms with van der Waals surface area (Å²) in [6, 6.07) is 0. The van der Waals surface area contributed by atoms with Crippen LogP contribution in [-0.2, 0) is 90.5 Å². The number of rotatable bonds is 13. The van der Waals surface area contributed by atoms with Crippen LogP contribution in [0.2, 0.25) is 0 Å². The summed E-state index contributed by atoms with van der Waals surface area (Å²) >= 11 is 0. The van der Waals surface area contributed by atoms with Crippen molar-refractivity contribution < 1.29 is 95.6 Å². The summed E-state index contributed by atoms with van der Waals surface area (Å²) in [6.45, 7) is 18.4. The van der Waals surface area contributed by atoms with Crippen LogP contribution in [0.25, 0.3) is 0 Å². The molecule has 1 aliphatic heterocycles. The van der Waals surface area contributed by atoms with Crippen molar-refractivity contribution in [3.8, 4) is 0 Å². The molecule has 72 heavy (non-hydrogen) atoms. The van der Waals surface area contributed by atoms with Gasteiger partial charge in [0.05, 0.1) is 16.4 Å². The van der Waals surface area contributed by atoms with E-state index in [1.165, 1.54) is 27.7 Å². The monoisotopic (exact) mass is 1020 g/mol. The van der Waals surface area contributed by atoms with E-state index in [2.05, 4.69) is 26.8 Å². The van der Waals surface area contributed by atoms with Crippen molar-refractivity contribution >= 4 is 53.7 Å². The van der Waals surface area contributed by atoms with E-state index >= 15 is 4.79 Å². The molecule has 402 valence electrons. The molecule has 0 aromatic heterocycles. The number of fused-ring (bicyclic) bond motifs is 7. The van der Waals surface area contributed by atoms with E-state index in [4.69, 9.17) is 47.4 Å². The number of hydrogen-bond donors (Lipinski definition) is 1. The molecule has 0 radical (unpaired) electrons. The van der Waals surface area contributed by atoms with Gasteiger partial charge >= 0.3 is 53.7 Å². The third kappa shape index (κ3) is 10.1. The van der Waals surface area contributed by atoms with E-state index in [9.17, 15) is 43.5 Å². The fourth-order valence-corrected chi connectivity index (χ4v) is 14.6. The van der Waals surface area contributed by atoms with Gasteiger partial charge in [-0.3, -0.25) is 43.2 Å². The van der Waals surface area contributed by atoms with E-state index in [1.54, 1.807) is 6.92 Å². The highest BCUT2D eigenvalue weighted by molar-refractivity contribution is 5.79. The molecule has 20 nitrogen and oxygen atoms in total. The smallest absolute Gasteiger partial charge is 0.315 e. The summed E-state index contributed by atoms with van der Waals surface area (Å²) in [5.74, 6) is -8.32. The minimum absolute atomic E-state index is 0.203. The van der Waals surface area contributed by atoms with Gasteiger partial charge in [0.1, 0.15) is 32.0 Å². The lowest BCUT2D eigenvalue weighted by molar-refractivity contribution is -0.306. The summed E-state index contributed by atoms with van der Waals surface area (Å²) in [7, 11) is 0. The molecule has 0 unspecified atom stereocenters. The van der Waals surface area contributed by atoms with Gasteiger partial charge in [-0.15, -0.1) is 0 Å². The lowest BCUT2D eigenvalue weighted by Gasteiger charge is -2.72. The molecule has 5 aliphatic carbocycles. The maximum atomic E-state index is 15.5. The van der Waals surface area contributed by atoms with Gasteiger partial charge in [0, 0.05) is 61.3 Å². The minimum atomic E-state index is -1.78. The van der Waals surface area contributed by atoms with Crippen molar-refractivity contribution in [3.05, 3.63) is 11.6 Å². The van der Waals surface area contributed by atoms with Gasteiger partial charge in [0.2, 0.25) is 12.4 Å². The second-order valence-electron chi connectivity index (χ2n) is 22.2. The molecular formula is C52H74O20. The first-order chi connectivity index (χ1) is 33.4. The normalized spacial score (nSPS) is 39.5. The second-order valence-corrected chi connectivity index (χ2v) is 22.2. The van der Waals surface area contributed by atoms with Gasteiger partial charge < -0.3 is 52.5 Å². The van der Waals surface area contributed by atoms with Crippen molar-refractivity contribution in [1.82, 2.24) is 0 Å². The first-order valence-corrected chi connectivity index (χ1v) is 25.0.